The molecular formula is C11H16O4. The van der Waals surface area contributed by atoms with Crippen LogP contribution in [0.1, 0.15) is 39.5 Å². The van der Waals surface area contributed by atoms with Gasteiger partial charge < -0.3 is 9.47 Å². The maximum atomic E-state index is 10.8. The van der Waals surface area contributed by atoms with Crippen molar-refractivity contribution in [1.29, 1.82) is 0 Å². The molecule has 0 heterocycles. The summed E-state index contributed by atoms with van der Waals surface area (Å²) in [5.41, 5.74) is 1.20. The number of carbonyl (C=O) groups is 2. The first-order valence-electron chi connectivity index (χ1n) is 5.12. The molecule has 4 heteroatoms. The highest BCUT2D eigenvalue weighted by molar-refractivity contribution is 5.68. The van der Waals surface area contributed by atoms with Crippen LogP contribution in [0.25, 0.3) is 0 Å². The molecule has 0 spiro atoms. The number of allylic oxidation sites excluding steroid dienone is 1. The van der Waals surface area contributed by atoms with Gasteiger partial charge in [-0.2, -0.15) is 0 Å². The monoisotopic (exact) mass is 212 g/mol. The second-order valence-corrected chi connectivity index (χ2v) is 3.62. The first-order chi connectivity index (χ1) is 7.08. The number of rotatable bonds is 3. The van der Waals surface area contributed by atoms with E-state index < -0.39 is 18.2 Å². The van der Waals surface area contributed by atoms with Gasteiger partial charge in [0.05, 0.1) is 0 Å². The lowest BCUT2D eigenvalue weighted by Crippen LogP contribution is -2.20. The van der Waals surface area contributed by atoms with E-state index >= 15 is 0 Å². The molecule has 0 saturated heterocycles. The Kier molecular flexibility index (Phi) is 4.34. The van der Waals surface area contributed by atoms with Gasteiger partial charge in [-0.15, -0.1) is 0 Å². The van der Waals surface area contributed by atoms with E-state index in [9.17, 15) is 9.59 Å². The summed E-state index contributed by atoms with van der Waals surface area (Å²) in [5.74, 6) is -0.896. The minimum absolute atomic E-state index is 0.448. The molecule has 0 N–H and O–H groups in total. The van der Waals surface area contributed by atoms with Crippen molar-refractivity contribution in [3.8, 4) is 0 Å². The predicted molar refractivity (Wildman–Crippen MR) is 53.9 cm³/mol. The smallest absolute Gasteiger partial charge is 0.305 e. The zero-order chi connectivity index (χ0) is 11.3. The van der Waals surface area contributed by atoms with Gasteiger partial charge in [0, 0.05) is 13.8 Å². The number of hydrogen-bond donors (Lipinski definition) is 0. The Balaban J connectivity index is 2.58. The van der Waals surface area contributed by atoms with Crippen LogP contribution in [0.2, 0.25) is 0 Å². The van der Waals surface area contributed by atoms with Gasteiger partial charge in [0.2, 0.25) is 0 Å². The number of hydrogen-bond acceptors (Lipinski definition) is 4. The lowest BCUT2D eigenvalue weighted by Gasteiger charge is -2.13. The van der Waals surface area contributed by atoms with Gasteiger partial charge in [-0.25, -0.2) is 0 Å². The highest BCUT2D eigenvalue weighted by Crippen LogP contribution is 2.24. The molecule has 0 unspecified atom stereocenters. The summed E-state index contributed by atoms with van der Waals surface area (Å²) in [5, 5.41) is 0. The Hall–Kier alpha value is -1.32. The lowest BCUT2D eigenvalue weighted by atomic mass is 10.2. The average molecular weight is 212 g/mol. The summed E-state index contributed by atoms with van der Waals surface area (Å²) < 4.78 is 9.73. The molecule has 1 fully saturated rings. The van der Waals surface area contributed by atoms with Crippen LogP contribution >= 0.6 is 0 Å². The third-order valence-corrected chi connectivity index (χ3v) is 2.18. The van der Waals surface area contributed by atoms with Crippen LogP contribution in [0, 0.1) is 0 Å². The van der Waals surface area contributed by atoms with Gasteiger partial charge in [0.15, 0.2) is 0 Å². The quantitative estimate of drug-likeness (QED) is 0.407. The molecule has 0 aromatic rings. The summed E-state index contributed by atoms with van der Waals surface area (Å²) in [6.07, 6.45) is 5.18. The van der Waals surface area contributed by atoms with Crippen LogP contribution in [0.3, 0.4) is 0 Å². The highest BCUT2D eigenvalue weighted by Gasteiger charge is 2.15. The molecule has 1 saturated carbocycles. The van der Waals surface area contributed by atoms with E-state index in [0.29, 0.717) is 0 Å². The van der Waals surface area contributed by atoms with Crippen molar-refractivity contribution in [3.63, 3.8) is 0 Å². The largest absolute Gasteiger partial charge is 0.421 e. The Morgan fingerprint density at radius 2 is 1.60 bits per heavy atom. The van der Waals surface area contributed by atoms with Gasteiger partial charge in [-0.1, -0.05) is 5.57 Å². The zero-order valence-corrected chi connectivity index (χ0v) is 9.12. The molecule has 1 aliphatic rings. The lowest BCUT2D eigenvalue weighted by molar-refractivity contribution is -0.176. The third-order valence-electron chi connectivity index (χ3n) is 2.18. The second kappa shape index (κ2) is 5.53. The molecule has 0 bridgehead atoms. The van der Waals surface area contributed by atoms with E-state index in [2.05, 4.69) is 0 Å². The van der Waals surface area contributed by atoms with E-state index in [1.54, 1.807) is 6.08 Å². The van der Waals surface area contributed by atoms with Gasteiger partial charge in [0.25, 0.3) is 6.29 Å². The summed E-state index contributed by atoms with van der Waals surface area (Å²) in [4.78, 5) is 21.5. The van der Waals surface area contributed by atoms with Crippen LogP contribution in [-0.4, -0.2) is 18.2 Å². The van der Waals surface area contributed by atoms with Crippen LogP contribution < -0.4 is 0 Å². The van der Waals surface area contributed by atoms with Crippen molar-refractivity contribution < 1.29 is 19.1 Å². The molecule has 0 aromatic heterocycles. The fourth-order valence-electron chi connectivity index (χ4n) is 1.61. The normalized spacial score (nSPS) is 15.3. The predicted octanol–water partition coefficient (Wildman–Crippen LogP) is 1.94. The van der Waals surface area contributed by atoms with E-state index in [-0.39, 0.29) is 0 Å². The Morgan fingerprint density at radius 1 is 1.13 bits per heavy atom. The second-order valence-electron chi connectivity index (χ2n) is 3.62. The zero-order valence-electron chi connectivity index (χ0n) is 9.12. The minimum Gasteiger partial charge on any atom is -0.421 e. The summed E-state index contributed by atoms with van der Waals surface area (Å²) in [6.45, 7) is 2.59. The maximum absolute atomic E-state index is 10.8. The first kappa shape index (κ1) is 11.8. The Morgan fingerprint density at radius 3 is 2.00 bits per heavy atom. The average Bonchev–Trinajstić information content (AvgIpc) is 2.53. The van der Waals surface area contributed by atoms with Crippen molar-refractivity contribution in [2.45, 2.75) is 45.8 Å². The molecule has 84 valence electrons. The summed E-state index contributed by atoms with van der Waals surface area (Å²) in [7, 11) is 0. The van der Waals surface area contributed by atoms with Gasteiger partial charge in [0.1, 0.15) is 0 Å². The van der Waals surface area contributed by atoms with E-state index in [0.717, 1.165) is 25.7 Å². The fraction of sp³-hybridized carbons (Fsp3) is 0.636. The molecule has 15 heavy (non-hydrogen) atoms. The fourth-order valence-corrected chi connectivity index (χ4v) is 1.61. The van der Waals surface area contributed by atoms with Crippen LogP contribution in [0.4, 0.5) is 0 Å². The first-order valence-corrected chi connectivity index (χ1v) is 5.12. The van der Waals surface area contributed by atoms with E-state index in [4.69, 9.17) is 9.47 Å². The Labute approximate surface area is 89.2 Å². The van der Waals surface area contributed by atoms with Crippen LogP contribution in [0.5, 0.6) is 0 Å². The standard InChI is InChI=1S/C11H16O4/c1-8(12)14-11(15-9(2)13)7-10-5-3-4-6-10/h7,11H,3-6H2,1-2H3. The van der Waals surface area contributed by atoms with Crippen molar-refractivity contribution in [1.82, 2.24) is 0 Å². The van der Waals surface area contributed by atoms with Crippen LogP contribution in [0.15, 0.2) is 11.6 Å². The number of carbonyl (C=O) groups excluding carboxylic acids is 2. The molecule has 0 aromatic carbocycles. The third kappa shape index (κ3) is 4.63. The Bertz CT molecular complexity index is 256. The maximum Gasteiger partial charge on any atom is 0.305 e. The highest BCUT2D eigenvalue weighted by atomic mass is 16.7. The van der Waals surface area contributed by atoms with Crippen molar-refractivity contribution in [3.05, 3.63) is 11.6 Å². The minimum atomic E-state index is -0.854. The van der Waals surface area contributed by atoms with Crippen molar-refractivity contribution in [2.24, 2.45) is 0 Å². The van der Waals surface area contributed by atoms with E-state index in [1.807, 2.05) is 0 Å². The van der Waals surface area contributed by atoms with Crippen molar-refractivity contribution in [2.75, 3.05) is 0 Å². The molecule has 0 amide bonds. The molecule has 1 aliphatic carbocycles. The summed E-state index contributed by atoms with van der Waals surface area (Å²) in [6, 6.07) is 0. The van der Waals surface area contributed by atoms with Gasteiger partial charge in [-0.3, -0.25) is 9.59 Å². The van der Waals surface area contributed by atoms with Gasteiger partial charge in [-0.05, 0) is 31.8 Å². The van der Waals surface area contributed by atoms with Gasteiger partial charge >= 0.3 is 11.9 Å². The van der Waals surface area contributed by atoms with Crippen LogP contribution in [-0.2, 0) is 19.1 Å². The SMILES string of the molecule is CC(=O)OC(C=C1CCCC1)OC(C)=O. The molecule has 1 rings (SSSR count). The van der Waals surface area contributed by atoms with E-state index in [1.165, 1.54) is 19.4 Å². The molecule has 0 aliphatic heterocycles. The summed E-state index contributed by atoms with van der Waals surface area (Å²) >= 11 is 0. The number of ether oxygens (including phenoxy) is 2. The molecular weight excluding hydrogens is 196 g/mol. The van der Waals surface area contributed by atoms with Crippen molar-refractivity contribution >= 4 is 11.9 Å². The molecule has 4 nitrogen and oxygen atoms in total. The topological polar surface area (TPSA) is 52.6 Å². The number of esters is 2. The molecule has 0 atom stereocenters. The molecule has 0 radical (unpaired) electrons.